The molecule has 2 aromatic rings. The second-order valence-electron chi connectivity index (χ2n) is 5.07. The molecule has 130 valence electrons. The number of thiocarbonyl (C=S) groups is 1. The Morgan fingerprint density at radius 2 is 1.80 bits per heavy atom. The van der Waals surface area contributed by atoms with Gasteiger partial charge in [0.2, 0.25) is 0 Å². The number of hydrogen-bond donors (Lipinski definition) is 3. The highest BCUT2D eigenvalue weighted by atomic mass is 79.9. The number of carbonyl (C=O) groups is 2. The zero-order valence-corrected chi connectivity index (χ0v) is 17.1. The normalized spacial score (nSPS) is 10.2. The molecule has 25 heavy (non-hydrogen) atoms. The number of nitrogens with one attached hydrogen (secondary N) is 2. The van der Waals surface area contributed by atoms with Crippen LogP contribution >= 0.6 is 44.1 Å². The van der Waals surface area contributed by atoms with Gasteiger partial charge in [0.1, 0.15) is 0 Å². The van der Waals surface area contributed by atoms with Gasteiger partial charge in [-0.3, -0.25) is 10.1 Å². The molecule has 0 fully saturated rings. The lowest BCUT2D eigenvalue weighted by Crippen LogP contribution is -2.34. The highest BCUT2D eigenvalue weighted by molar-refractivity contribution is 9.11. The number of carboxylic acid groups (broad SMARTS) is 1. The largest absolute Gasteiger partial charge is 0.478 e. The van der Waals surface area contributed by atoms with Gasteiger partial charge in [-0.15, -0.1) is 0 Å². The van der Waals surface area contributed by atoms with E-state index in [1.807, 2.05) is 19.1 Å². The molecule has 0 unspecified atom stereocenters. The molecule has 3 N–H and O–H groups in total. The molecule has 5 nitrogen and oxygen atoms in total. The van der Waals surface area contributed by atoms with Crippen molar-refractivity contribution in [2.24, 2.45) is 0 Å². The van der Waals surface area contributed by atoms with Crippen molar-refractivity contribution in [2.45, 2.75) is 13.3 Å². The van der Waals surface area contributed by atoms with Crippen molar-refractivity contribution in [2.75, 3.05) is 5.32 Å². The van der Waals surface area contributed by atoms with Crippen LogP contribution in [-0.2, 0) is 6.42 Å². The summed E-state index contributed by atoms with van der Waals surface area (Å²) in [5.74, 6) is -1.49. The Bertz CT molecular complexity index is 839. The van der Waals surface area contributed by atoms with Crippen LogP contribution in [0.4, 0.5) is 5.69 Å². The molecule has 0 heterocycles. The van der Waals surface area contributed by atoms with Crippen molar-refractivity contribution >= 4 is 66.8 Å². The van der Waals surface area contributed by atoms with E-state index in [0.717, 1.165) is 12.0 Å². The van der Waals surface area contributed by atoms with Crippen molar-refractivity contribution < 1.29 is 14.7 Å². The third-order valence-corrected chi connectivity index (χ3v) is 4.66. The number of carboxylic acids is 1. The van der Waals surface area contributed by atoms with Crippen LogP contribution in [0.2, 0.25) is 0 Å². The van der Waals surface area contributed by atoms with Crippen molar-refractivity contribution in [3.63, 3.8) is 0 Å². The zero-order chi connectivity index (χ0) is 18.6. The van der Waals surface area contributed by atoms with Crippen LogP contribution in [0.3, 0.4) is 0 Å². The molecular weight excluding hydrogens is 472 g/mol. The van der Waals surface area contributed by atoms with Gasteiger partial charge in [-0.25, -0.2) is 4.79 Å². The van der Waals surface area contributed by atoms with E-state index in [1.54, 1.807) is 18.2 Å². The quantitative estimate of drug-likeness (QED) is 0.551. The van der Waals surface area contributed by atoms with Crippen LogP contribution in [-0.4, -0.2) is 22.1 Å². The Morgan fingerprint density at radius 3 is 2.36 bits per heavy atom. The van der Waals surface area contributed by atoms with Crippen LogP contribution in [0.1, 0.15) is 33.2 Å². The standard InChI is InChI=1S/C17H14Br2N2O3S/c1-2-9-3-5-10(6-4-9)15(22)21-17(25)20-14-12(16(23)24)7-11(18)8-13(14)19/h3-8H,2H2,1H3,(H,23,24)(H2,20,21,22,25). The maximum absolute atomic E-state index is 12.2. The predicted octanol–water partition coefficient (Wildman–Crippen LogP) is 4.60. The Kier molecular flexibility index (Phi) is 6.69. The third kappa shape index (κ3) is 5.10. The molecule has 0 saturated heterocycles. The molecule has 0 bridgehead atoms. The minimum Gasteiger partial charge on any atom is -0.478 e. The summed E-state index contributed by atoms with van der Waals surface area (Å²) in [6.45, 7) is 2.03. The summed E-state index contributed by atoms with van der Waals surface area (Å²) in [5, 5.41) is 14.6. The van der Waals surface area contributed by atoms with E-state index < -0.39 is 5.97 Å². The number of hydrogen-bond acceptors (Lipinski definition) is 3. The summed E-state index contributed by atoms with van der Waals surface area (Å²) >= 11 is 11.7. The lowest BCUT2D eigenvalue weighted by Gasteiger charge is -2.14. The second kappa shape index (κ2) is 8.55. The number of aryl methyl sites for hydroxylation is 1. The zero-order valence-electron chi connectivity index (χ0n) is 13.1. The molecule has 0 aromatic heterocycles. The Balaban J connectivity index is 2.14. The number of halogens is 2. The molecular formula is C17H14Br2N2O3S. The van der Waals surface area contributed by atoms with Gasteiger partial charge in [0.25, 0.3) is 5.91 Å². The van der Waals surface area contributed by atoms with Gasteiger partial charge >= 0.3 is 5.97 Å². The van der Waals surface area contributed by atoms with Crippen molar-refractivity contribution in [3.8, 4) is 0 Å². The summed E-state index contributed by atoms with van der Waals surface area (Å²) in [6.07, 6.45) is 0.886. The maximum atomic E-state index is 12.2. The Labute approximate surface area is 167 Å². The molecule has 1 amide bonds. The van der Waals surface area contributed by atoms with Gasteiger partial charge in [0.15, 0.2) is 5.11 Å². The average molecular weight is 486 g/mol. The molecule has 0 aliphatic carbocycles. The first-order valence-corrected chi connectivity index (χ1v) is 9.24. The molecule has 0 aliphatic rings. The first-order valence-electron chi connectivity index (χ1n) is 7.25. The second-order valence-corrected chi connectivity index (χ2v) is 7.25. The monoisotopic (exact) mass is 484 g/mol. The molecule has 0 aliphatic heterocycles. The molecule has 0 saturated carbocycles. The van der Waals surface area contributed by atoms with Gasteiger partial charge in [0.05, 0.1) is 11.3 Å². The number of amides is 1. The molecule has 0 radical (unpaired) electrons. The van der Waals surface area contributed by atoms with Gasteiger partial charge in [0, 0.05) is 14.5 Å². The lowest BCUT2D eigenvalue weighted by atomic mass is 10.1. The van der Waals surface area contributed by atoms with Crippen LogP contribution in [0.15, 0.2) is 45.3 Å². The highest BCUT2D eigenvalue weighted by Crippen LogP contribution is 2.30. The van der Waals surface area contributed by atoms with Gasteiger partial charge in [-0.05, 0) is 64.4 Å². The fourth-order valence-corrected chi connectivity index (χ4v) is 3.60. The number of aromatic carboxylic acids is 1. The first kappa shape index (κ1) is 19.6. The average Bonchev–Trinajstić information content (AvgIpc) is 2.56. The van der Waals surface area contributed by atoms with Crippen molar-refractivity contribution in [1.29, 1.82) is 0 Å². The summed E-state index contributed by atoms with van der Waals surface area (Å²) in [5.41, 5.74) is 1.88. The predicted molar refractivity (Wildman–Crippen MR) is 108 cm³/mol. The van der Waals surface area contributed by atoms with E-state index in [9.17, 15) is 14.7 Å². The van der Waals surface area contributed by atoms with Gasteiger partial charge < -0.3 is 10.4 Å². The van der Waals surface area contributed by atoms with Crippen molar-refractivity contribution in [3.05, 3.63) is 62.0 Å². The van der Waals surface area contributed by atoms with E-state index in [-0.39, 0.29) is 22.3 Å². The Morgan fingerprint density at radius 1 is 1.16 bits per heavy atom. The van der Waals surface area contributed by atoms with E-state index >= 15 is 0 Å². The van der Waals surface area contributed by atoms with Crippen LogP contribution in [0.25, 0.3) is 0 Å². The number of carbonyl (C=O) groups excluding carboxylic acids is 1. The van der Waals surface area contributed by atoms with Crippen LogP contribution < -0.4 is 10.6 Å². The minimum atomic E-state index is -1.12. The summed E-state index contributed by atoms with van der Waals surface area (Å²) in [7, 11) is 0. The smallest absolute Gasteiger partial charge is 0.337 e. The first-order chi connectivity index (χ1) is 11.8. The van der Waals surface area contributed by atoms with E-state index in [1.165, 1.54) is 6.07 Å². The fourth-order valence-electron chi connectivity index (χ4n) is 2.08. The third-order valence-electron chi connectivity index (χ3n) is 3.38. The van der Waals surface area contributed by atoms with Gasteiger partial charge in [-0.2, -0.15) is 0 Å². The summed E-state index contributed by atoms with van der Waals surface area (Å²) in [4.78, 5) is 23.6. The van der Waals surface area contributed by atoms with Crippen LogP contribution in [0, 0.1) is 0 Å². The molecule has 2 aromatic carbocycles. The summed E-state index contributed by atoms with van der Waals surface area (Å²) in [6, 6.07) is 10.3. The molecule has 0 atom stereocenters. The number of benzene rings is 2. The van der Waals surface area contributed by atoms with Gasteiger partial charge in [-0.1, -0.05) is 35.0 Å². The lowest BCUT2D eigenvalue weighted by molar-refractivity contribution is 0.0697. The summed E-state index contributed by atoms with van der Waals surface area (Å²) < 4.78 is 1.11. The molecule has 0 spiro atoms. The van der Waals surface area contributed by atoms with E-state index in [0.29, 0.717) is 14.5 Å². The Hall–Kier alpha value is -1.77. The number of anilines is 1. The number of rotatable bonds is 4. The fraction of sp³-hybridized carbons (Fsp3) is 0.118. The van der Waals surface area contributed by atoms with E-state index in [2.05, 4.69) is 42.5 Å². The molecule has 2 rings (SSSR count). The molecule has 8 heteroatoms. The van der Waals surface area contributed by atoms with Crippen LogP contribution in [0.5, 0.6) is 0 Å². The maximum Gasteiger partial charge on any atom is 0.337 e. The minimum absolute atomic E-state index is 0.00934. The van der Waals surface area contributed by atoms with E-state index in [4.69, 9.17) is 12.2 Å². The topological polar surface area (TPSA) is 78.4 Å². The SMILES string of the molecule is CCc1ccc(C(=O)NC(=S)Nc2c(Br)cc(Br)cc2C(=O)O)cc1. The highest BCUT2D eigenvalue weighted by Gasteiger charge is 2.17. The van der Waals surface area contributed by atoms with Crippen molar-refractivity contribution in [1.82, 2.24) is 5.32 Å².